The minimum absolute atomic E-state index is 0.0479. The summed E-state index contributed by atoms with van der Waals surface area (Å²) < 4.78 is 0. The third-order valence-electron chi connectivity index (χ3n) is 5.29. The third kappa shape index (κ3) is 3.43. The summed E-state index contributed by atoms with van der Waals surface area (Å²) in [5.41, 5.74) is 9.05. The Balaban J connectivity index is 1.34. The summed E-state index contributed by atoms with van der Waals surface area (Å²) in [5.74, 6) is 1.58. The molecule has 2 aromatic carbocycles. The van der Waals surface area contributed by atoms with Gasteiger partial charge in [-0.15, -0.1) is 0 Å². The van der Waals surface area contributed by atoms with Gasteiger partial charge in [0.05, 0.1) is 17.2 Å². The second-order valence-electron chi connectivity index (χ2n) is 7.34. The van der Waals surface area contributed by atoms with Gasteiger partial charge < -0.3 is 20.9 Å². The fourth-order valence-corrected chi connectivity index (χ4v) is 3.73. The average molecular weight is 399 g/mol. The number of hydrogen-bond donors (Lipinski definition) is 3. The standard InChI is InChI=1S/C22H21N7O/c23-20-19(21-26-16-8-4-5-9-17(16)27-21)28-18(12-24-20)29-11-10-15(13-29)25-22(30)14-6-2-1-3-7-14/h1-9,12,15H,10-11,13H2,(H2,23,24)(H,25,30)(H,26,27). The molecule has 1 atom stereocenters. The predicted octanol–water partition coefficient (Wildman–Crippen LogP) is 2.61. The number of H-pyrrole nitrogens is 1. The summed E-state index contributed by atoms with van der Waals surface area (Å²) in [6, 6.07) is 17.1. The van der Waals surface area contributed by atoms with E-state index in [4.69, 9.17) is 10.7 Å². The molecule has 3 heterocycles. The number of carbonyl (C=O) groups excluding carboxylic acids is 1. The molecular weight excluding hydrogens is 378 g/mol. The maximum Gasteiger partial charge on any atom is 0.251 e. The number of nitrogens with one attached hydrogen (secondary N) is 2. The number of anilines is 2. The van der Waals surface area contributed by atoms with Crippen molar-refractivity contribution in [2.24, 2.45) is 0 Å². The molecule has 1 fully saturated rings. The first kappa shape index (κ1) is 18.1. The summed E-state index contributed by atoms with van der Waals surface area (Å²) in [6.45, 7) is 1.44. The first-order valence-electron chi connectivity index (χ1n) is 9.86. The van der Waals surface area contributed by atoms with E-state index in [9.17, 15) is 4.79 Å². The number of imidazole rings is 1. The van der Waals surface area contributed by atoms with Crippen LogP contribution in [-0.2, 0) is 0 Å². The Morgan fingerprint density at radius 2 is 1.90 bits per heavy atom. The third-order valence-corrected chi connectivity index (χ3v) is 5.29. The smallest absolute Gasteiger partial charge is 0.251 e. The van der Waals surface area contributed by atoms with Gasteiger partial charge in [0.1, 0.15) is 5.82 Å². The summed E-state index contributed by atoms with van der Waals surface area (Å²) in [7, 11) is 0. The number of rotatable bonds is 4. The fraction of sp³-hybridized carbons (Fsp3) is 0.182. The zero-order valence-corrected chi connectivity index (χ0v) is 16.2. The zero-order chi connectivity index (χ0) is 20.5. The van der Waals surface area contributed by atoms with Gasteiger partial charge in [0.25, 0.3) is 5.91 Å². The number of hydrogen-bond acceptors (Lipinski definition) is 6. The number of nitrogens with zero attached hydrogens (tertiary/aromatic N) is 4. The van der Waals surface area contributed by atoms with Gasteiger partial charge in [-0.05, 0) is 30.7 Å². The second-order valence-corrected chi connectivity index (χ2v) is 7.34. The molecule has 4 N–H and O–H groups in total. The Kier molecular flexibility index (Phi) is 4.51. The molecule has 8 nitrogen and oxygen atoms in total. The monoisotopic (exact) mass is 399 g/mol. The first-order valence-corrected chi connectivity index (χ1v) is 9.86. The topological polar surface area (TPSA) is 113 Å². The van der Waals surface area contributed by atoms with Gasteiger partial charge in [0.15, 0.2) is 17.3 Å². The molecule has 30 heavy (non-hydrogen) atoms. The minimum atomic E-state index is -0.0613. The van der Waals surface area contributed by atoms with E-state index in [1.54, 1.807) is 6.20 Å². The summed E-state index contributed by atoms with van der Waals surface area (Å²) in [5, 5.41) is 3.10. The lowest BCUT2D eigenvalue weighted by atomic mass is 10.2. The predicted molar refractivity (Wildman–Crippen MR) is 116 cm³/mol. The molecule has 1 aliphatic heterocycles. The molecule has 1 aliphatic rings. The summed E-state index contributed by atoms with van der Waals surface area (Å²) in [6.07, 6.45) is 2.51. The van der Waals surface area contributed by atoms with E-state index in [2.05, 4.69) is 25.2 Å². The quantitative estimate of drug-likeness (QED) is 0.486. The van der Waals surface area contributed by atoms with Crippen molar-refractivity contribution in [1.29, 1.82) is 0 Å². The number of aromatic amines is 1. The van der Waals surface area contributed by atoms with Crippen molar-refractivity contribution in [2.75, 3.05) is 23.7 Å². The van der Waals surface area contributed by atoms with Crippen LogP contribution in [0.25, 0.3) is 22.6 Å². The van der Waals surface area contributed by atoms with Gasteiger partial charge >= 0.3 is 0 Å². The SMILES string of the molecule is Nc1ncc(N2CCC(NC(=O)c3ccccc3)C2)nc1-c1nc2ccccc2[nH]1. The van der Waals surface area contributed by atoms with Crippen LogP contribution in [0.2, 0.25) is 0 Å². The van der Waals surface area contributed by atoms with Gasteiger partial charge in [-0.2, -0.15) is 0 Å². The van der Waals surface area contributed by atoms with Gasteiger partial charge in [0, 0.05) is 24.7 Å². The van der Waals surface area contributed by atoms with Gasteiger partial charge in [-0.1, -0.05) is 30.3 Å². The second kappa shape index (κ2) is 7.47. The van der Waals surface area contributed by atoms with Crippen LogP contribution < -0.4 is 16.0 Å². The Morgan fingerprint density at radius 3 is 2.73 bits per heavy atom. The van der Waals surface area contributed by atoms with Crippen LogP contribution in [0, 0.1) is 0 Å². The van der Waals surface area contributed by atoms with Crippen molar-refractivity contribution in [3.63, 3.8) is 0 Å². The van der Waals surface area contributed by atoms with E-state index >= 15 is 0 Å². The highest BCUT2D eigenvalue weighted by Crippen LogP contribution is 2.26. The lowest BCUT2D eigenvalue weighted by Crippen LogP contribution is -2.37. The van der Waals surface area contributed by atoms with E-state index in [0.29, 0.717) is 29.4 Å². The number of nitrogen functional groups attached to an aromatic ring is 1. The highest BCUT2D eigenvalue weighted by Gasteiger charge is 2.26. The van der Waals surface area contributed by atoms with Gasteiger partial charge in [-0.3, -0.25) is 4.79 Å². The van der Waals surface area contributed by atoms with E-state index in [0.717, 1.165) is 29.8 Å². The number of amides is 1. The van der Waals surface area contributed by atoms with E-state index < -0.39 is 0 Å². The maximum absolute atomic E-state index is 12.4. The number of carbonyl (C=O) groups is 1. The molecule has 5 rings (SSSR count). The Morgan fingerprint density at radius 1 is 1.10 bits per heavy atom. The van der Waals surface area contributed by atoms with E-state index in [1.165, 1.54) is 0 Å². The molecule has 1 amide bonds. The molecule has 0 bridgehead atoms. The molecule has 4 aromatic rings. The maximum atomic E-state index is 12.4. The lowest BCUT2D eigenvalue weighted by Gasteiger charge is -2.18. The number of nitrogens with two attached hydrogens (primary N) is 1. The molecule has 8 heteroatoms. The molecule has 0 saturated carbocycles. The van der Waals surface area contributed by atoms with Crippen LogP contribution in [-0.4, -0.2) is 45.0 Å². The largest absolute Gasteiger partial charge is 0.382 e. The molecular formula is C22H21N7O. The molecule has 2 aromatic heterocycles. The molecule has 0 aliphatic carbocycles. The van der Waals surface area contributed by atoms with Crippen LogP contribution in [0.1, 0.15) is 16.8 Å². The molecule has 0 spiro atoms. The van der Waals surface area contributed by atoms with Crippen LogP contribution >= 0.6 is 0 Å². The number of benzene rings is 2. The Bertz CT molecular complexity index is 1170. The Labute approximate surface area is 173 Å². The van der Waals surface area contributed by atoms with Crippen LogP contribution in [0.4, 0.5) is 11.6 Å². The summed E-state index contributed by atoms with van der Waals surface area (Å²) >= 11 is 0. The van der Waals surface area contributed by atoms with Gasteiger partial charge in [-0.25, -0.2) is 15.0 Å². The van der Waals surface area contributed by atoms with Crippen molar-refractivity contribution in [3.05, 3.63) is 66.4 Å². The molecule has 1 unspecified atom stereocenters. The molecule has 0 radical (unpaired) electrons. The lowest BCUT2D eigenvalue weighted by molar-refractivity contribution is 0.0940. The summed E-state index contributed by atoms with van der Waals surface area (Å²) in [4.78, 5) is 31.4. The average Bonchev–Trinajstić information content (AvgIpc) is 3.41. The van der Waals surface area contributed by atoms with Crippen molar-refractivity contribution < 1.29 is 4.79 Å². The van der Waals surface area contributed by atoms with Crippen LogP contribution in [0.15, 0.2) is 60.8 Å². The fourth-order valence-electron chi connectivity index (χ4n) is 3.73. The zero-order valence-electron chi connectivity index (χ0n) is 16.2. The highest BCUT2D eigenvalue weighted by atomic mass is 16.1. The normalized spacial score (nSPS) is 16.1. The van der Waals surface area contributed by atoms with Gasteiger partial charge in [0.2, 0.25) is 0 Å². The van der Waals surface area contributed by atoms with E-state index in [-0.39, 0.29) is 11.9 Å². The number of aromatic nitrogens is 4. The van der Waals surface area contributed by atoms with Crippen LogP contribution in [0.3, 0.4) is 0 Å². The number of para-hydroxylation sites is 2. The minimum Gasteiger partial charge on any atom is -0.382 e. The molecule has 150 valence electrons. The van der Waals surface area contributed by atoms with Crippen LogP contribution in [0.5, 0.6) is 0 Å². The Hall–Kier alpha value is -3.94. The van der Waals surface area contributed by atoms with Crippen molar-refractivity contribution in [1.82, 2.24) is 25.3 Å². The van der Waals surface area contributed by atoms with Crippen molar-refractivity contribution in [3.8, 4) is 11.5 Å². The number of fused-ring (bicyclic) bond motifs is 1. The highest BCUT2D eigenvalue weighted by molar-refractivity contribution is 5.94. The van der Waals surface area contributed by atoms with Crippen molar-refractivity contribution in [2.45, 2.75) is 12.5 Å². The molecule has 1 saturated heterocycles. The van der Waals surface area contributed by atoms with Crippen molar-refractivity contribution >= 4 is 28.6 Å². The van der Waals surface area contributed by atoms with E-state index in [1.807, 2.05) is 54.6 Å². The first-order chi connectivity index (χ1) is 14.7.